The van der Waals surface area contributed by atoms with E-state index in [0.29, 0.717) is 0 Å². The number of phenols is 1. The van der Waals surface area contributed by atoms with Gasteiger partial charge in [-0.1, -0.05) is 26.0 Å². The predicted molar refractivity (Wildman–Crippen MR) is 130 cm³/mol. The van der Waals surface area contributed by atoms with Gasteiger partial charge in [0.15, 0.2) is 0 Å². The van der Waals surface area contributed by atoms with Gasteiger partial charge >= 0.3 is 12.1 Å². The number of esters is 1. The van der Waals surface area contributed by atoms with Crippen molar-refractivity contribution in [1.29, 1.82) is 5.26 Å². The molecule has 0 aliphatic carbocycles. The number of nitrogens with one attached hydrogen (secondary N) is 2. The zero-order valence-corrected chi connectivity index (χ0v) is 21.7. The van der Waals surface area contributed by atoms with E-state index in [1.807, 2.05) is 6.07 Å². The highest BCUT2D eigenvalue weighted by Gasteiger charge is 2.37. The first kappa shape index (κ1) is 30.2. The Hall–Kier alpha value is -3.81. The molecule has 0 spiro atoms. The summed E-state index contributed by atoms with van der Waals surface area (Å²) in [6.07, 6.45) is -0.910. The van der Waals surface area contributed by atoms with Crippen LogP contribution in [0.15, 0.2) is 24.3 Å². The second kappa shape index (κ2) is 13.9. The van der Waals surface area contributed by atoms with Gasteiger partial charge in [0.2, 0.25) is 11.8 Å². The van der Waals surface area contributed by atoms with E-state index >= 15 is 0 Å². The largest absolute Gasteiger partial charge is 0.508 e. The van der Waals surface area contributed by atoms with Crippen molar-refractivity contribution in [2.24, 2.45) is 5.92 Å². The number of hydrogen-bond acceptors (Lipinski definition) is 8. The number of aromatic hydroxyl groups is 1. The van der Waals surface area contributed by atoms with Gasteiger partial charge in [0.1, 0.15) is 30.0 Å². The molecule has 0 saturated heterocycles. The third kappa shape index (κ3) is 9.82. The van der Waals surface area contributed by atoms with Gasteiger partial charge in [-0.25, -0.2) is 4.79 Å². The Bertz CT molecular complexity index is 966. The number of rotatable bonds is 11. The van der Waals surface area contributed by atoms with Crippen molar-refractivity contribution < 1.29 is 33.8 Å². The van der Waals surface area contributed by atoms with Crippen LogP contribution in [0.2, 0.25) is 0 Å². The Morgan fingerprint density at radius 1 is 1.19 bits per heavy atom. The number of carbonyl (C=O) groups is 4. The van der Waals surface area contributed by atoms with Gasteiger partial charge in [-0.15, -0.1) is 0 Å². The zero-order chi connectivity index (χ0) is 27.5. The number of carbonyl (C=O) groups excluding carboxylic acids is 4. The number of hydrogen-bond donors (Lipinski definition) is 3. The standard InChI is InChI=1S/C25H36N4O7/c1-7-35-19(31)11-13-27-22(32)21(17-9-8-10-18(30)15-17)29(14-12-26)23(33)20(16(2)3)28-24(34)36-25(4,5)6/h8-10,15-16,20-21,30H,7,11,13-14H2,1-6H3,(H,27,32)(H,28,34). The highest BCUT2D eigenvalue weighted by molar-refractivity contribution is 5.92. The van der Waals surface area contributed by atoms with Crippen LogP contribution >= 0.6 is 0 Å². The minimum absolute atomic E-state index is 0.0642. The van der Waals surface area contributed by atoms with Gasteiger partial charge in [-0.2, -0.15) is 5.26 Å². The molecule has 0 fully saturated rings. The number of ether oxygens (including phenoxy) is 2. The van der Waals surface area contributed by atoms with Crippen LogP contribution in [-0.4, -0.2) is 65.2 Å². The summed E-state index contributed by atoms with van der Waals surface area (Å²) < 4.78 is 10.1. The molecule has 0 heterocycles. The van der Waals surface area contributed by atoms with E-state index in [-0.39, 0.29) is 30.9 Å². The predicted octanol–water partition coefficient (Wildman–Crippen LogP) is 2.40. The number of amides is 3. The SMILES string of the molecule is CCOC(=O)CCNC(=O)C(c1cccc(O)c1)N(CC#N)C(=O)C(NC(=O)OC(C)(C)C)C(C)C. The molecular formula is C25H36N4O7. The van der Waals surface area contributed by atoms with Crippen LogP contribution in [0, 0.1) is 17.2 Å². The summed E-state index contributed by atoms with van der Waals surface area (Å²) in [6.45, 7) is 9.76. The molecule has 0 aliphatic rings. The lowest BCUT2D eigenvalue weighted by atomic mass is 9.98. The third-order valence-electron chi connectivity index (χ3n) is 4.81. The fourth-order valence-corrected chi connectivity index (χ4v) is 3.28. The second-order valence-corrected chi connectivity index (χ2v) is 9.34. The maximum Gasteiger partial charge on any atom is 0.408 e. The van der Waals surface area contributed by atoms with E-state index in [2.05, 4.69) is 10.6 Å². The van der Waals surface area contributed by atoms with Gasteiger partial charge < -0.3 is 30.1 Å². The number of benzene rings is 1. The van der Waals surface area contributed by atoms with Crippen molar-refractivity contribution in [3.63, 3.8) is 0 Å². The number of alkyl carbamates (subject to hydrolysis) is 1. The topological polar surface area (TPSA) is 158 Å². The van der Waals surface area contributed by atoms with E-state index in [1.54, 1.807) is 41.5 Å². The molecule has 1 rings (SSSR count). The Morgan fingerprint density at radius 2 is 1.86 bits per heavy atom. The molecule has 3 N–H and O–H groups in total. The van der Waals surface area contributed by atoms with E-state index in [1.165, 1.54) is 24.3 Å². The minimum Gasteiger partial charge on any atom is -0.508 e. The summed E-state index contributed by atoms with van der Waals surface area (Å²) in [4.78, 5) is 52.0. The molecule has 0 aliphatic heterocycles. The lowest BCUT2D eigenvalue weighted by molar-refractivity contribution is -0.144. The van der Waals surface area contributed by atoms with Gasteiger partial charge in [-0.3, -0.25) is 14.4 Å². The third-order valence-corrected chi connectivity index (χ3v) is 4.81. The molecule has 0 saturated carbocycles. The Kier molecular flexibility index (Phi) is 11.7. The molecule has 2 atom stereocenters. The lowest BCUT2D eigenvalue weighted by Crippen LogP contribution is -2.55. The van der Waals surface area contributed by atoms with Crippen molar-refractivity contribution in [3.05, 3.63) is 29.8 Å². The number of nitrogens with zero attached hydrogens (tertiary/aromatic N) is 2. The average Bonchev–Trinajstić information content (AvgIpc) is 2.75. The zero-order valence-electron chi connectivity index (χ0n) is 21.7. The molecule has 0 bridgehead atoms. The monoisotopic (exact) mass is 504 g/mol. The fourth-order valence-electron chi connectivity index (χ4n) is 3.28. The molecule has 198 valence electrons. The maximum atomic E-state index is 13.6. The molecule has 1 aromatic carbocycles. The molecule has 2 unspecified atom stereocenters. The summed E-state index contributed by atoms with van der Waals surface area (Å²) >= 11 is 0. The number of phenolic OH excluding ortho intramolecular Hbond substituents is 1. The fraction of sp³-hybridized carbons (Fsp3) is 0.560. The normalized spacial score (nSPS) is 12.6. The highest BCUT2D eigenvalue weighted by atomic mass is 16.6. The summed E-state index contributed by atoms with van der Waals surface area (Å²) in [5, 5.41) is 24.6. The quantitative estimate of drug-likeness (QED) is 0.306. The van der Waals surface area contributed by atoms with Crippen molar-refractivity contribution in [2.75, 3.05) is 19.7 Å². The van der Waals surface area contributed by atoms with Crippen molar-refractivity contribution in [1.82, 2.24) is 15.5 Å². The highest BCUT2D eigenvalue weighted by Crippen LogP contribution is 2.26. The molecule has 36 heavy (non-hydrogen) atoms. The lowest BCUT2D eigenvalue weighted by Gasteiger charge is -2.34. The summed E-state index contributed by atoms with van der Waals surface area (Å²) in [5.74, 6) is -2.42. The van der Waals surface area contributed by atoms with E-state index in [0.717, 1.165) is 4.90 Å². The van der Waals surface area contributed by atoms with Gasteiger partial charge in [-0.05, 0) is 51.3 Å². The molecular weight excluding hydrogens is 468 g/mol. The van der Waals surface area contributed by atoms with Gasteiger partial charge in [0, 0.05) is 6.54 Å². The Balaban J connectivity index is 3.32. The second-order valence-electron chi connectivity index (χ2n) is 9.34. The Morgan fingerprint density at radius 3 is 2.39 bits per heavy atom. The van der Waals surface area contributed by atoms with Crippen molar-refractivity contribution in [2.45, 2.75) is 65.6 Å². The van der Waals surface area contributed by atoms with Gasteiger partial charge in [0.25, 0.3) is 0 Å². The van der Waals surface area contributed by atoms with E-state index < -0.39 is 54.0 Å². The van der Waals surface area contributed by atoms with Crippen LogP contribution < -0.4 is 10.6 Å². The van der Waals surface area contributed by atoms with Crippen molar-refractivity contribution >= 4 is 23.9 Å². The first-order valence-electron chi connectivity index (χ1n) is 11.7. The van der Waals surface area contributed by atoms with Crippen LogP contribution in [0.25, 0.3) is 0 Å². The number of nitriles is 1. The van der Waals surface area contributed by atoms with E-state index in [9.17, 15) is 29.5 Å². The minimum atomic E-state index is -1.33. The maximum absolute atomic E-state index is 13.6. The van der Waals surface area contributed by atoms with Crippen LogP contribution in [0.5, 0.6) is 5.75 Å². The van der Waals surface area contributed by atoms with Gasteiger partial charge in [0.05, 0.1) is 19.1 Å². The Labute approximate surface area is 211 Å². The van der Waals surface area contributed by atoms with E-state index in [4.69, 9.17) is 9.47 Å². The first-order valence-corrected chi connectivity index (χ1v) is 11.7. The summed E-state index contributed by atoms with van der Waals surface area (Å²) in [7, 11) is 0. The molecule has 3 amide bonds. The first-order chi connectivity index (χ1) is 16.8. The molecule has 1 aromatic rings. The molecule has 11 nitrogen and oxygen atoms in total. The molecule has 0 radical (unpaired) electrons. The van der Waals surface area contributed by atoms with Crippen LogP contribution in [0.4, 0.5) is 4.79 Å². The molecule has 11 heteroatoms. The summed E-state index contributed by atoms with van der Waals surface area (Å²) in [5.41, 5.74) is -0.559. The van der Waals surface area contributed by atoms with Crippen LogP contribution in [-0.2, 0) is 23.9 Å². The average molecular weight is 505 g/mol. The molecule has 0 aromatic heterocycles. The summed E-state index contributed by atoms with van der Waals surface area (Å²) in [6, 6.07) is 5.18. The van der Waals surface area contributed by atoms with Crippen LogP contribution in [0.1, 0.15) is 59.6 Å². The van der Waals surface area contributed by atoms with Crippen molar-refractivity contribution in [3.8, 4) is 11.8 Å². The smallest absolute Gasteiger partial charge is 0.408 e. The van der Waals surface area contributed by atoms with Crippen LogP contribution in [0.3, 0.4) is 0 Å².